The van der Waals surface area contributed by atoms with E-state index in [2.05, 4.69) is 45.4 Å². The minimum absolute atomic E-state index is 0. The van der Waals surface area contributed by atoms with E-state index in [4.69, 9.17) is 11.0 Å². The van der Waals surface area contributed by atoms with Crippen molar-refractivity contribution in [1.29, 1.82) is 0 Å². The zero-order valence-corrected chi connectivity index (χ0v) is 32.7. The first-order valence-corrected chi connectivity index (χ1v) is 18.6. The number of nitrogens with one attached hydrogen (secondary N) is 1. The van der Waals surface area contributed by atoms with Gasteiger partial charge >= 0.3 is 11.9 Å². The number of hydrogen-bond donors (Lipinski definition) is 10. The number of nitrogens with two attached hydrogens (primary N) is 1. The zero-order valence-electron chi connectivity index (χ0n) is 30.1. The van der Waals surface area contributed by atoms with Crippen molar-refractivity contribution < 1.29 is 80.2 Å². The Labute approximate surface area is 352 Å². The van der Waals surface area contributed by atoms with E-state index in [0.717, 1.165) is 30.3 Å². The summed E-state index contributed by atoms with van der Waals surface area (Å²) in [6, 6.07) is 18.6. The van der Waals surface area contributed by atoms with Gasteiger partial charge in [-0.05, 0) is 78.2 Å². The minimum Gasteiger partial charge on any atom is -0.506 e. The van der Waals surface area contributed by atoms with E-state index in [-0.39, 0.29) is 73.1 Å². The average molecular weight is 908 g/mol. The fourth-order valence-corrected chi connectivity index (χ4v) is 6.60. The number of nitrogens with zero attached hydrogens (tertiary/aromatic N) is 6. The summed E-state index contributed by atoms with van der Waals surface area (Å²) >= 11 is 0.622. The molecule has 0 bridgehead atoms. The summed E-state index contributed by atoms with van der Waals surface area (Å²) in [5.74, 6) is -4.38. The number of benzene rings is 6. The molecule has 6 rings (SSSR count). The van der Waals surface area contributed by atoms with E-state index in [1.807, 2.05) is 0 Å². The predicted octanol–water partition coefficient (Wildman–Crippen LogP) is 10.6. The maximum Gasteiger partial charge on any atom is 0.337 e. The number of carboxylic acid groups (broad SMARTS) is 2. The minimum atomic E-state index is -4.47. The summed E-state index contributed by atoms with van der Waals surface area (Å²) in [6.45, 7) is 1.20. The quantitative estimate of drug-likeness (QED) is 0.00979. The van der Waals surface area contributed by atoms with Gasteiger partial charge in [-0.15, -0.1) is 35.0 Å². The number of carboxylic acids is 2. The number of phenols is 2. The van der Waals surface area contributed by atoms with Crippen LogP contribution in [0.4, 0.5) is 45.5 Å². The van der Waals surface area contributed by atoms with Gasteiger partial charge in [0.05, 0.1) is 45.1 Å². The standard InChI is InChI=1S/C36H28N8O13S2.Cu/c1-16(45)38-28-14-30(43-44-33-32(59(53,54)55)12-18-10-19(37)3-6-21(18)34(33)47)31(46)15-29(28)42-39-25-8-9-26(24-13-20(58-57-56-52)4-7-22(24)25)40-41-27-11-17(35(48)49)2-5-23(27)36(50)51;/h2-15,46-47,52-55H,37H2,1H3,(H,38,45)(H,48,49)(H,50,51);. The molecule has 0 heterocycles. The van der Waals surface area contributed by atoms with Gasteiger partial charge in [-0.3, -0.25) is 4.79 Å². The van der Waals surface area contributed by atoms with Crippen molar-refractivity contribution in [3.05, 3.63) is 96.1 Å². The molecule has 11 N–H and O–H groups in total. The summed E-state index contributed by atoms with van der Waals surface area (Å²) < 4.78 is 34.9. The van der Waals surface area contributed by atoms with E-state index < -0.39 is 50.8 Å². The summed E-state index contributed by atoms with van der Waals surface area (Å²) in [4.78, 5) is 35.4. The Morgan fingerprint density at radius 1 is 0.700 bits per heavy atom. The summed E-state index contributed by atoms with van der Waals surface area (Å²) in [5.41, 5.74) is 4.77. The van der Waals surface area contributed by atoms with Crippen LogP contribution in [0.2, 0.25) is 0 Å². The molecule has 0 aliphatic rings. The second-order valence-corrected chi connectivity index (χ2v) is 14.3. The van der Waals surface area contributed by atoms with Crippen molar-refractivity contribution >= 4 is 108 Å². The smallest absolute Gasteiger partial charge is 0.337 e. The van der Waals surface area contributed by atoms with Crippen LogP contribution in [0, 0.1) is 0 Å². The number of nitrogen functional groups attached to an aromatic ring is 1. The molecule has 0 saturated carbocycles. The van der Waals surface area contributed by atoms with Crippen molar-refractivity contribution in [2.75, 3.05) is 11.1 Å². The molecular weight excluding hydrogens is 880 g/mol. The summed E-state index contributed by atoms with van der Waals surface area (Å²) in [5, 5.41) is 81.6. The molecule has 0 unspecified atom stereocenters. The first kappa shape index (κ1) is 44.5. The number of aromatic carboxylic acids is 2. The molecule has 0 fully saturated rings. The third kappa shape index (κ3) is 9.99. The van der Waals surface area contributed by atoms with Gasteiger partial charge in [0.2, 0.25) is 5.91 Å². The van der Waals surface area contributed by atoms with Crippen molar-refractivity contribution in [3.8, 4) is 11.5 Å². The van der Waals surface area contributed by atoms with Gasteiger partial charge in [0, 0.05) is 56.8 Å². The number of amides is 1. The van der Waals surface area contributed by atoms with Crippen LogP contribution in [0.3, 0.4) is 0 Å². The number of aromatic hydroxyl groups is 2. The molecule has 1 radical (unpaired) electrons. The molecule has 6 aromatic carbocycles. The maximum absolute atomic E-state index is 12.2. The van der Waals surface area contributed by atoms with Gasteiger partial charge in [-0.25, -0.2) is 14.8 Å². The molecule has 0 aliphatic carbocycles. The average Bonchev–Trinajstić information content (AvgIpc) is 3.18. The number of azo groups is 3. The Kier molecular flexibility index (Phi) is 13.8. The molecule has 313 valence electrons. The van der Waals surface area contributed by atoms with Crippen molar-refractivity contribution in [2.45, 2.75) is 16.7 Å². The van der Waals surface area contributed by atoms with Crippen LogP contribution >= 0.6 is 22.9 Å². The van der Waals surface area contributed by atoms with Crippen LogP contribution in [0.25, 0.3) is 21.5 Å². The molecule has 60 heavy (non-hydrogen) atoms. The number of phenolic OH excluding ortho intramolecular Hbond substituents is 2. The zero-order chi connectivity index (χ0) is 42.6. The van der Waals surface area contributed by atoms with Crippen LogP contribution < -0.4 is 11.1 Å². The largest absolute Gasteiger partial charge is 0.506 e. The van der Waals surface area contributed by atoms with Gasteiger partial charge in [-0.2, -0.15) is 0 Å². The van der Waals surface area contributed by atoms with Gasteiger partial charge < -0.3 is 45.1 Å². The third-order valence-electron chi connectivity index (χ3n) is 8.14. The molecule has 0 spiro atoms. The maximum atomic E-state index is 12.2. The van der Waals surface area contributed by atoms with E-state index in [1.54, 1.807) is 12.1 Å². The molecular formula is C36H28CuN8O13S2. The second kappa shape index (κ2) is 18.6. The van der Waals surface area contributed by atoms with Gasteiger partial charge in [0.15, 0.2) is 5.75 Å². The van der Waals surface area contributed by atoms with E-state index in [9.17, 15) is 48.5 Å². The molecule has 24 heteroatoms. The fourth-order valence-electron chi connectivity index (χ4n) is 5.52. The third-order valence-corrected chi connectivity index (χ3v) is 9.62. The second-order valence-electron chi connectivity index (χ2n) is 12.1. The van der Waals surface area contributed by atoms with E-state index in [1.165, 1.54) is 49.4 Å². The van der Waals surface area contributed by atoms with E-state index >= 15 is 0 Å². The Morgan fingerprint density at radius 3 is 2.00 bits per heavy atom. The number of carbonyl (C=O) groups excluding carboxylic acids is 1. The number of rotatable bonds is 13. The summed E-state index contributed by atoms with van der Waals surface area (Å²) in [6.07, 6.45) is 0. The molecule has 6 aromatic rings. The van der Waals surface area contributed by atoms with Crippen LogP contribution in [-0.2, 0) is 31.2 Å². The first-order chi connectivity index (χ1) is 28.0. The SMILES string of the molecule is CC(=O)Nc1cc(N=Nc2c(S(O)(O)O)cc3cc(N)ccc3c2O)c(O)cc1N=Nc1ccc(N=Nc2cc(C(=O)O)ccc2C(=O)O)c2cc(SOOO)ccc12.[Cu]. The van der Waals surface area contributed by atoms with Crippen molar-refractivity contribution in [1.82, 2.24) is 0 Å². The Morgan fingerprint density at radius 2 is 1.35 bits per heavy atom. The Hall–Kier alpha value is -6.57. The fraction of sp³-hybridized carbons (Fsp3) is 0.0278. The molecule has 0 aromatic heterocycles. The van der Waals surface area contributed by atoms with Crippen LogP contribution in [-0.4, -0.2) is 57.2 Å². The van der Waals surface area contributed by atoms with Gasteiger partial charge in [0.25, 0.3) is 0 Å². The van der Waals surface area contributed by atoms with Crippen molar-refractivity contribution in [2.24, 2.45) is 30.7 Å². The number of anilines is 2. The number of hydrogen-bond acceptors (Lipinski definition) is 19. The molecule has 1 amide bonds. The van der Waals surface area contributed by atoms with E-state index in [0.29, 0.717) is 33.4 Å². The van der Waals surface area contributed by atoms with Gasteiger partial charge in [0.1, 0.15) is 39.4 Å². The molecule has 21 nitrogen and oxygen atoms in total. The van der Waals surface area contributed by atoms with Crippen molar-refractivity contribution in [3.63, 3.8) is 0 Å². The Bertz CT molecular complexity index is 2780. The molecule has 0 saturated heterocycles. The monoisotopic (exact) mass is 907 g/mol. The molecule has 0 aliphatic heterocycles. The van der Waals surface area contributed by atoms with Gasteiger partial charge in [-0.1, -0.05) is 11.1 Å². The predicted molar refractivity (Wildman–Crippen MR) is 214 cm³/mol. The summed E-state index contributed by atoms with van der Waals surface area (Å²) in [7, 11) is -4.47. The van der Waals surface area contributed by atoms with Crippen LogP contribution in [0.1, 0.15) is 27.6 Å². The van der Waals surface area contributed by atoms with Crippen LogP contribution in [0.5, 0.6) is 11.5 Å². The number of carbonyl (C=O) groups is 3. The Balaban J connectivity index is 0.00000683. The number of fused-ring (bicyclic) bond motifs is 2. The first-order valence-electron chi connectivity index (χ1n) is 16.3. The normalized spacial score (nSPS) is 12.1. The van der Waals surface area contributed by atoms with Crippen LogP contribution in [0.15, 0.2) is 125 Å². The molecule has 0 atom stereocenters. The topological polar surface area (TPSA) is 344 Å².